The van der Waals surface area contributed by atoms with Gasteiger partial charge in [-0.2, -0.15) is 23.0 Å². The Morgan fingerprint density at radius 1 is 1.34 bits per heavy atom. The number of rotatable bonds is 4. The normalized spacial score (nSPS) is 22.5. The lowest BCUT2D eigenvalue weighted by Gasteiger charge is -2.37. The maximum absolute atomic E-state index is 13.9. The van der Waals surface area contributed by atoms with Crippen LogP contribution in [-0.2, 0) is 0 Å². The second kappa shape index (κ2) is 7.91. The minimum atomic E-state index is -4.40. The van der Waals surface area contributed by atoms with Crippen molar-refractivity contribution in [2.45, 2.75) is 37.5 Å². The maximum atomic E-state index is 13.9. The molecule has 0 spiro atoms. The first-order chi connectivity index (χ1) is 13.5. The van der Waals surface area contributed by atoms with Crippen LogP contribution in [0.25, 0.3) is 5.69 Å². The van der Waals surface area contributed by atoms with Crippen molar-refractivity contribution in [3.05, 3.63) is 51.4 Å². The summed E-state index contributed by atoms with van der Waals surface area (Å²) in [7, 11) is 0. The smallest absolute Gasteiger partial charge is 0.388 e. The quantitative estimate of drug-likeness (QED) is 0.708. The van der Waals surface area contributed by atoms with Crippen molar-refractivity contribution >= 4 is 17.3 Å². The van der Waals surface area contributed by atoms with Gasteiger partial charge in [-0.1, -0.05) is 11.6 Å². The van der Waals surface area contributed by atoms with Crippen LogP contribution in [0.15, 0.2) is 29.2 Å². The first-order valence-corrected chi connectivity index (χ1v) is 9.14. The van der Waals surface area contributed by atoms with Crippen molar-refractivity contribution in [3.63, 3.8) is 0 Å². The van der Waals surface area contributed by atoms with Gasteiger partial charge in [-0.15, -0.1) is 0 Å². The first kappa shape index (κ1) is 21.5. The summed E-state index contributed by atoms with van der Waals surface area (Å²) in [5, 5.41) is 16.6. The van der Waals surface area contributed by atoms with E-state index in [0.717, 1.165) is 18.3 Å². The summed E-state index contributed by atoms with van der Waals surface area (Å²) in [5.41, 5.74) is -2.87. The highest BCUT2D eigenvalue weighted by molar-refractivity contribution is 6.32. The topological polar surface area (TPSA) is 67.2 Å². The van der Waals surface area contributed by atoms with Crippen LogP contribution in [0.4, 0.5) is 27.6 Å². The van der Waals surface area contributed by atoms with Gasteiger partial charge in [0.2, 0.25) is 0 Å². The molecule has 1 fully saturated rings. The Bertz CT molecular complexity index is 965. The zero-order valence-corrected chi connectivity index (χ0v) is 15.7. The molecule has 1 heterocycles. The number of benzene rings is 1. The summed E-state index contributed by atoms with van der Waals surface area (Å²) < 4.78 is 66.5. The molecule has 3 rings (SSSR count). The van der Waals surface area contributed by atoms with Crippen LogP contribution < -0.4 is 10.9 Å². The number of nitrogens with one attached hydrogen (secondary N) is 1. The van der Waals surface area contributed by atoms with Gasteiger partial charge < -0.3 is 10.4 Å². The van der Waals surface area contributed by atoms with Gasteiger partial charge in [0.1, 0.15) is 16.5 Å². The largest absolute Gasteiger partial charge is 0.391 e. The Balaban J connectivity index is 1.79. The van der Waals surface area contributed by atoms with E-state index in [2.05, 4.69) is 10.4 Å². The van der Waals surface area contributed by atoms with Gasteiger partial charge in [0.15, 0.2) is 5.82 Å². The van der Waals surface area contributed by atoms with Crippen LogP contribution in [-0.4, -0.2) is 33.2 Å². The van der Waals surface area contributed by atoms with Gasteiger partial charge >= 0.3 is 6.18 Å². The van der Waals surface area contributed by atoms with E-state index in [1.54, 1.807) is 0 Å². The molecular formula is C18H17ClF5N3O2. The van der Waals surface area contributed by atoms with E-state index in [1.165, 1.54) is 0 Å². The lowest BCUT2D eigenvalue weighted by atomic mass is 9.77. The molecule has 5 nitrogen and oxygen atoms in total. The highest BCUT2D eigenvalue weighted by Crippen LogP contribution is 2.41. The molecule has 2 N–H and O–H groups in total. The monoisotopic (exact) mass is 437 g/mol. The second-order valence-corrected chi connectivity index (χ2v) is 7.48. The number of aromatic nitrogens is 2. The number of halogens is 6. The Morgan fingerprint density at radius 2 is 2.07 bits per heavy atom. The van der Waals surface area contributed by atoms with Crippen LogP contribution in [0.5, 0.6) is 0 Å². The number of nitrogens with zero attached hydrogens (tertiary/aromatic N) is 2. The van der Waals surface area contributed by atoms with E-state index >= 15 is 0 Å². The van der Waals surface area contributed by atoms with Crippen molar-refractivity contribution in [1.29, 1.82) is 0 Å². The van der Waals surface area contributed by atoms with Gasteiger partial charge in [0.25, 0.3) is 5.56 Å². The highest BCUT2D eigenvalue weighted by Gasteiger charge is 2.46. The third kappa shape index (κ3) is 4.69. The van der Waals surface area contributed by atoms with Gasteiger partial charge in [-0.05, 0) is 37.8 Å². The second-order valence-electron chi connectivity index (χ2n) is 7.10. The van der Waals surface area contributed by atoms with Crippen molar-refractivity contribution in [2.24, 2.45) is 5.92 Å². The molecule has 1 aromatic heterocycles. The maximum Gasteiger partial charge on any atom is 0.391 e. The van der Waals surface area contributed by atoms with E-state index in [1.807, 2.05) is 0 Å². The number of hydrogen-bond acceptors (Lipinski definition) is 4. The van der Waals surface area contributed by atoms with Crippen molar-refractivity contribution in [1.82, 2.24) is 9.78 Å². The molecule has 1 aliphatic carbocycles. The molecule has 0 saturated heterocycles. The van der Waals surface area contributed by atoms with Crippen LogP contribution >= 0.6 is 11.6 Å². The molecule has 158 valence electrons. The predicted molar refractivity (Wildman–Crippen MR) is 96.2 cm³/mol. The minimum Gasteiger partial charge on any atom is -0.388 e. The molecule has 1 saturated carbocycles. The first-order valence-electron chi connectivity index (χ1n) is 8.76. The van der Waals surface area contributed by atoms with Gasteiger partial charge in [0, 0.05) is 12.6 Å². The molecule has 2 unspecified atom stereocenters. The molecule has 11 heteroatoms. The fraction of sp³-hybridized carbons (Fsp3) is 0.444. The number of aliphatic hydroxyl groups is 1. The molecule has 2 aromatic rings. The van der Waals surface area contributed by atoms with Crippen LogP contribution in [0.1, 0.15) is 25.7 Å². The zero-order valence-electron chi connectivity index (χ0n) is 14.9. The SMILES string of the molecule is O=c1c(Cl)c(NCC2(O)CCCC(C(F)(F)F)C2)cnn1-c1ccc(F)cc1F. The van der Waals surface area contributed by atoms with Gasteiger partial charge in [-0.25, -0.2) is 8.78 Å². The lowest BCUT2D eigenvalue weighted by molar-refractivity contribution is -0.199. The molecule has 1 aromatic carbocycles. The zero-order chi connectivity index (χ0) is 21.4. The average molecular weight is 438 g/mol. The standard InChI is InChI=1S/C18H17ClF5N3O2/c19-15-13(25-9-17(29)5-1-2-10(7-17)18(22,23)24)8-26-27(16(15)28)14-4-3-11(20)6-12(14)21/h3-4,6,8,10,25,29H,1-2,5,7,9H2. The predicted octanol–water partition coefficient (Wildman–Crippen LogP) is 4.06. The fourth-order valence-electron chi connectivity index (χ4n) is 3.42. The summed E-state index contributed by atoms with van der Waals surface area (Å²) in [5.74, 6) is -3.46. The average Bonchev–Trinajstić information content (AvgIpc) is 2.63. The van der Waals surface area contributed by atoms with Crippen LogP contribution in [0, 0.1) is 17.6 Å². The molecule has 0 amide bonds. The third-order valence-electron chi connectivity index (χ3n) is 4.95. The van der Waals surface area contributed by atoms with E-state index in [9.17, 15) is 31.9 Å². The molecule has 0 aliphatic heterocycles. The van der Waals surface area contributed by atoms with Crippen LogP contribution in [0.2, 0.25) is 5.02 Å². The van der Waals surface area contributed by atoms with Crippen molar-refractivity contribution in [3.8, 4) is 5.69 Å². The van der Waals surface area contributed by atoms with Gasteiger partial charge in [-0.3, -0.25) is 4.79 Å². The summed E-state index contributed by atoms with van der Waals surface area (Å²) >= 11 is 6.00. The van der Waals surface area contributed by atoms with Crippen LogP contribution in [0.3, 0.4) is 0 Å². The summed E-state index contributed by atoms with van der Waals surface area (Å²) in [6.07, 6.45) is -3.46. The van der Waals surface area contributed by atoms with Gasteiger partial charge in [0.05, 0.1) is 23.4 Å². The minimum absolute atomic E-state index is 0.0157. The molecule has 29 heavy (non-hydrogen) atoms. The summed E-state index contributed by atoms with van der Waals surface area (Å²) in [6, 6.07) is 2.55. The van der Waals surface area contributed by atoms with E-state index in [0.29, 0.717) is 10.7 Å². The Morgan fingerprint density at radius 3 is 2.72 bits per heavy atom. The highest BCUT2D eigenvalue weighted by atomic mass is 35.5. The van der Waals surface area contributed by atoms with Crippen molar-refractivity contribution in [2.75, 3.05) is 11.9 Å². The Kier molecular flexibility index (Phi) is 5.86. The summed E-state index contributed by atoms with van der Waals surface area (Å²) in [6.45, 7) is -0.269. The number of anilines is 1. The van der Waals surface area contributed by atoms with E-state index in [4.69, 9.17) is 11.6 Å². The third-order valence-corrected chi connectivity index (χ3v) is 5.31. The molecular weight excluding hydrogens is 421 g/mol. The molecule has 1 aliphatic rings. The molecule has 2 atom stereocenters. The van der Waals surface area contributed by atoms with E-state index < -0.39 is 46.3 Å². The Labute approximate surface area is 167 Å². The fourth-order valence-corrected chi connectivity index (χ4v) is 3.62. The van der Waals surface area contributed by atoms with E-state index in [-0.39, 0.29) is 37.2 Å². The summed E-state index contributed by atoms with van der Waals surface area (Å²) in [4.78, 5) is 12.4. The molecule has 0 radical (unpaired) electrons. The Hall–Kier alpha value is -2.20. The molecule has 0 bridgehead atoms. The lowest BCUT2D eigenvalue weighted by Crippen LogP contribution is -2.45. The van der Waals surface area contributed by atoms with Crippen molar-refractivity contribution < 1.29 is 27.1 Å². The number of alkyl halides is 3. The number of hydrogen-bond donors (Lipinski definition) is 2.